The van der Waals surface area contributed by atoms with Crippen LogP contribution in [0.15, 0.2) is 0 Å². The minimum Gasteiger partial charge on any atom is -0.316 e. The number of hydrogen-bond donors (Lipinski definition) is 1. The van der Waals surface area contributed by atoms with E-state index in [1.54, 1.807) is 0 Å². The first kappa shape index (κ1) is 16.9. The van der Waals surface area contributed by atoms with Gasteiger partial charge in [0.2, 0.25) is 0 Å². The Labute approximate surface area is 120 Å². The van der Waals surface area contributed by atoms with Gasteiger partial charge in [-0.25, -0.2) is 0 Å². The number of rotatable bonds is 8. The van der Waals surface area contributed by atoms with Crippen molar-refractivity contribution >= 4 is 0 Å². The number of piperidine rings is 1. The lowest BCUT2D eigenvalue weighted by Gasteiger charge is -2.40. The zero-order valence-corrected chi connectivity index (χ0v) is 13.8. The van der Waals surface area contributed by atoms with Crippen LogP contribution in [0.5, 0.6) is 0 Å². The van der Waals surface area contributed by atoms with Gasteiger partial charge < -0.3 is 15.1 Å². The SMILES string of the molecule is CCCC(C)(CNCC)CN(C)C1CCN(C)CC1. The first-order chi connectivity index (χ1) is 9.00. The predicted octanol–water partition coefficient (Wildman–Crippen LogP) is 2.43. The van der Waals surface area contributed by atoms with Gasteiger partial charge in [-0.15, -0.1) is 0 Å². The van der Waals surface area contributed by atoms with E-state index in [-0.39, 0.29) is 0 Å². The van der Waals surface area contributed by atoms with Gasteiger partial charge in [0.15, 0.2) is 0 Å². The molecule has 114 valence electrons. The van der Waals surface area contributed by atoms with Crippen LogP contribution in [0.4, 0.5) is 0 Å². The van der Waals surface area contributed by atoms with Crippen molar-refractivity contribution in [2.45, 2.75) is 52.5 Å². The van der Waals surface area contributed by atoms with Crippen molar-refractivity contribution in [2.24, 2.45) is 5.41 Å². The maximum Gasteiger partial charge on any atom is 0.0117 e. The molecule has 1 saturated heterocycles. The zero-order chi connectivity index (χ0) is 14.3. The molecule has 3 nitrogen and oxygen atoms in total. The second-order valence-electron chi connectivity index (χ2n) is 6.79. The molecular weight excluding hydrogens is 234 g/mol. The second kappa shape index (κ2) is 8.23. The molecule has 1 rings (SSSR count). The largest absolute Gasteiger partial charge is 0.316 e. The standard InChI is InChI=1S/C16H35N3/c1-6-10-16(3,13-17-7-2)14-19(5)15-8-11-18(4)12-9-15/h15,17H,6-14H2,1-5H3. The summed E-state index contributed by atoms with van der Waals surface area (Å²) in [7, 11) is 4.57. The molecule has 1 aliphatic rings. The van der Waals surface area contributed by atoms with E-state index >= 15 is 0 Å². The summed E-state index contributed by atoms with van der Waals surface area (Å²) >= 11 is 0. The summed E-state index contributed by atoms with van der Waals surface area (Å²) in [5, 5.41) is 3.55. The number of likely N-dealkylation sites (tertiary alicyclic amines) is 1. The quantitative estimate of drug-likeness (QED) is 0.730. The van der Waals surface area contributed by atoms with Crippen LogP contribution in [-0.2, 0) is 0 Å². The third-order valence-electron chi connectivity index (χ3n) is 4.60. The topological polar surface area (TPSA) is 18.5 Å². The van der Waals surface area contributed by atoms with Crippen molar-refractivity contribution in [3.8, 4) is 0 Å². The van der Waals surface area contributed by atoms with Crippen molar-refractivity contribution in [3.05, 3.63) is 0 Å². The predicted molar refractivity (Wildman–Crippen MR) is 84.7 cm³/mol. The highest BCUT2D eigenvalue weighted by Crippen LogP contribution is 2.26. The average Bonchev–Trinajstić information content (AvgIpc) is 2.37. The third-order valence-corrected chi connectivity index (χ3v) is 4.60. The van der Waals surface area contributed by atoms with E-state index in [0.717, 1.165) is 19.1 Å². The summed E-state index contributed by atoms with van der Waals surface area (Å²) in [6.45, 7) is 12.9. The first-order valence-electron chi connectivity index (χ1n) is 8.10. The fourth-order valence-electron chi connectivity index (χ4n) is 3.42. The molecule has 3 heteroatoms. The van der Waals surface area contributed by atoms with Crippen molar-refractivity contribution in [3.63, 3.8) is 0 Å². The summed E-state index contributed by atoms with van der Waals surface area (Å²) < 4.78 is 0. The van der Waals surface area contributed by atoms with Crippen molar-refractivity contribution in [2.75, 3.05) is 46.8 Å². The number of nitrogens with one attached hydrogen (secondary N) is 1. The molecule has 0 radical (unpaired) electrons. The Bertz CT molecular complexity index is 236. The molecule has 0 aromatic rings. The van der Waals surface area contributed by atoms with Crippen molar-refractivity contribution in [1.29, 1.82) is 0 Å². The van der Waals surface area contributed by atoms with Gasteiger partial charge in [-0.1, -0.05) is 27.2 Å². The molecule has 0 aromatic heterocycles. The van der Waals surface area contributed by atoms with Gasteiger partial charge in [0.05, 0.1) is 0 Å². The highest BCUT2D eigenvalue weighted by atomic mass is 15.2. The second-order valence-corrected chi connectivity index (χ2v) is 6.79. The van der Waals surface area contributed by atoms with Gasteiger partial charge in [-0.3, -0.25) is 0 Å². The van der Waals surface area contributed by atoms with Crippen LogP contribution in [0.3, 0.4) is 0 Å². The van der Waals surface area contributed by atoms with E-state index in [4.69, 9.17) is 0 Å². The minimum absolute atomic E-state index is 0.420. The van der Waals surface area contributed by atoms with Crippen LogP contribution >= 0.6 is 0 Å². The van der Waals surface area contributed by atoms with Crippen molar-refractivity contribution < 1.29 is 0 Å². The molecule has 1 fully saturated rings. The Balaban J connectivity index is 2.47. The Hall–Kier alpha value is -0.120. The van der Waals surface area contributed by atoms with Crippen LogP contribution in [0.25, 0.3) is 0 Å². The lowest BCUT2D eigenvalue weighted by molar-refractivity contribution is 0.0945. The normalized spacial score (nSPS) is 21.8. The van der Waals surface area contributed by atoms with Crippen molar-refractivity contribution in [1.82, 2.24) is 15.1 Å². The van der Waals surface area contributed by atoms with Crippen LogP contribution in [0.1, 0.15) is 46.5 Å². The van der Waals surface area contributed by atoms with Crippen LogP contribution in [0, 0.1) is 5.41 Å². The Morgan fingerprint density at radius 1 is 1.26 bits per heavy atom. The highest BCUT2D eigenvalue weighted by Gasteiger charge is 2.28. The van der Waals surface area contributed by atoms with Gasteiger partial charge in [-0.2, -0.15) is 0 Å². The Morgan fingerprint density at radius 2 is 1.89 bits per heavy atom. The third kappa shape index (κ3) is 5.80. The fourth-order valence-corrected chi connectivity index (χ4v) is 3.42. The summed E-state index contributed by atoms with van der Waals surface area (Å²) in [5.41, 5.74) is 0.420. The molecule has 0 aliphatic carbocycles. The molecule has 0 saturated carbocycles. The van der Waals surface area contributed by atoms with Gasteiger partial charge in [0, 0.05) is 19.1 Å². The van der Waals surface area contributed by atoms with E-state index in [0.29, 0.717) is 5.41 Å². The minimum atomic E-state index is 0.420. The molecule has 19 heavy (non-hydrogen) atoms. The van der Waals surface area contributed by atoms with Crippen LogP contribution < -0.4 is 5.32 Å². The fraction of sp³-hybridized carbons (Fsp3) is 1.00. The highest BCUT2D eigenvalue weighted by molar-refractivity contribution is 4.84. The Morgan fingerprint density at radius 3 is 2.42 bits per heavy atom. The smallest absolute Gasteiger partial charge is 0.0117 e. The average molecular weight is 269 g/mol. The molecule has 1 aliphatic heterocycles. The molecule has 0 amide bonds. The maximum atomic E-state index is 3.55. The maximum absolute atomic E-state index is 3.55. The monoisotopic (exact) mass is 269 g/mol. The van der Waals surface area contributed by atoms with Crippen LogP contribution in [0.2, 0.25) is 0 Å². The van der Waals surface area contributed by atoms with E-state index in [2.05, 4.69) is 50.0 Å². The van der Waals surface area contributed by atoms with E-state index in [1.807, 2.05) is 0 Å². The molecule has 1 unspecified atom stereocenters. The Kier molecular flexibility index (Phi) is 7.33. The van der Waals surface area contributed by atoms with E-state index in [9.17, 15) is 0 Å². The number of nitrogens with zero attached hydrogens (tertiary/aromatic N) is 2. The zero-order valence-electron chi connectivity index (χ0n) is 13.8. The van der Waals surface area contributed by atoms with E-state index < -0.39 is 0 Å². The summed E-state index contributed by atoms with van der Waals surface area (Å²) in [6, 6.07) is 0.786. The molecule has 0 bridgehead atoms. The summed E-state index contributed by atoms with van der Waals surface area (Å²) in [6.07, 6.45) is 5.26. The molecular formula is C16H35N3. The molecule has 0 aromatic carbocycles. The lowest BCUT2D eigenvalue weighted by atomic mass is 9.84. The lowest BCUT2D eigenvalue weighted by Crippen LogP contribution is -2.48. The first-order valence-corrected chi connectivity index (χ1v) is 8.10. The molecule has 1 atom stereocenters. The molecule has 0 spiro atoms. The van der Waals surface area contributed by atoms with Gasteiger partial charge in [0.25, 0.3) is 0 Å². The van der Waals surface area contributed by atoms with E-state index in [1.165, 1.54) is 45.3 Å². The van der Waals surface area contributed by atoms with Gasteiger partial charge in [-0.05, 0) is 58.4 Å². The van der Waals surface area contributed by atoms with Gasteiger partial charge in [0.1, 0.15) is 0 Å². The number of hydrogen-bond acceptors (Lipinski definition) is 3. The van der Waals surface area contributed by atoms with Gasteiger partial charge >= 0.3 is 0 Å². The summed E-state index contributed by atoms with van der Waals surface area (Å²) in [4.78, 5) is 5.08. The van der Waals surface area contributed by atoms with Crippen LogP contribution in [-0.4, -0.2) is 62.7 Å². The molecule has 1 N–H and O–H groups in total. The molecule has 1 heterocycles. The summed E-state index contributed by atoms with van der Waals surface area (Å²) in [5.74, 6) is 0.